The largest absolute Gasteiger partial charge is 0.388 e. The van der Waals surface area contributed by atoms with Crippen molar-refractivity contribution < 1.29 is 5.11 Å². The zero-order valence-electron chi connectivity index (χ0n) is 12.7. The highest BCUT2D eigenvalue weighted by atomic mass is 16.3. The molecule has 2 aromatic carbocycles. The predicted molar refractivity (Wildman–Crippen MR) is 85.8 cm³/mol. The number of aromatic nitrogens is 2. The SMILES string of the molecule is CCC(O)c1ccccc1-n1cnc2cc(C)c(C)cc21. The molecule has 1 atom stereocenters. The summed E-state index contributed by atoms with van der Waals surface area (Å²) in [7, 11) is 0. The lowest BCUT2D eigenvalue weighted by Gasteiger charge is -2.15. The number of hydrogen-bond donors (Lipinski definition) is 1. The van der Waals surface area contributed by atoms with E-state index in [1.54, 1.807) is 0 Å². The van der Waals surface area contributed by atoms with E-state index in [1.807, 2.05) is 37.5 Å². The van der Waals surface area contributed by atoms with Crippen molar-refractivity contribution in [3.05, 3.63) is 59.4 Å². The Hall–Kier alpha value is -2.13. The van der Waals surface area contributed by atoms with Crippen molar-refractivity contribution in [1.82, 2.24) is 9.55 Å². The summed E-state index contributed by atoms with van der Waals surface area (Å²) in [6, 6.07) is 12.2. The average Bonchev–Trinajstić information content (AvgIpc) is 2.89. The summed E-state index contributed by atoms with van der Waals surface area (Å²) in [6.07, 6.45) is 2.08. The third kappa shape index (κ3) is 2.34. The van der Waals surface area contributed by atoms with Gasteiger partial charge in [0, 0.05) is 5.56 Å². The number of fused-ring (bicyclic) bond motifs is 1. The molecule has 1 aromatic heterocycles. The van der Waals surface area contributed by atoms with Gasteiger partial charge in [0.05, 0.1) is 22.8 Å². The molecule has 3 heteroatoms. The summed E-state index contributed by atoms with van der Waals surface area (Å²) in [5.41, 5.74) is 6.50. The summed E-state index contributed by atoms with van der Waals surface area (Å²) < 4.78 is 2.07. The lowest BCUT2D eigenvalue weighted by atomic mass is 10.0. The maximum Gasteiger partial charge on any atom is 0.100 e. The van der Waals surface area contributed by atoms with Crippen LogP contribution in [-0.2, 0) is 0 Å². The van der Waals surface area contributed by atoms with E-state index in [2.05, 4.69) is 35.5 Å². The zero-order chi connectivity index (χ0) is 15.0. The molecule has 0 spiro atoms. The smallest absolute Gasteiger partial charge is 0.100 e. The number of imidazole rings is 1. The normalized spacial score (nSPS) is 12.8. The second kappa shape index (κ2) is 5.34. The van der Waals surface area contributed by atoms with Gasteiger partial charge in [-0.15, -0.1) is 0 Å². The number of nitrogens with zero attached hydrogens (tertiary/aromatic N) is 2. The van der Waals surface area contributed by atoms with E-state index in [-0.39, 0.29) is 0 Å². The van der Waals surface area contributed by atoms with Crippen molar-refractivity contribution in [1.29, 1.82) is 0 Å². The molecule has 1 unspecified atom stereocenters. The molecule has 1 N–H and O–H groups in total. The first kappa shape index (κ1) is 13.8. The van der Waals surface area contributed by atoms with Gasteiger partial charge in [-0.1, -0.05) is 25.1 Å². The highest BCUT2D eigenvalue weighted by Gasteiger charge is 2.14. The molecule has 0 radical (unpaired) electrons. The minimum atomic E-state index is -0.454. The molecule has 3 aromatic rings. The van der Waals surface area contributed by atoms with E-state index in [9.17, 15) is 5.11 Å². The average molecular weight is 280 g/mol. The van der Waals surface area contributed by atoms with Crippen LogP contribution in [0.15, 0.2) is 42.7 Å². The Kier molecular flexibility index (Phi) is 3.52. The van der Waals surface area contributed by atoms with Gasteiger partial charge in [-0.2, -0.15) is 0 Å². The molecular formula is C18H20N2O. The Morgan fingerprint density at radius 2 is 1.86 bits per heavy atom. The van der Waals surface area contributed by atoms with E-state index in [4.69, 9.17) is 0 Å². The van der Waals surface area contributed by atoms with Crippen LogP contribution in [0.1, 0.15) is 36.1 Å². The number of hydrogen-bond acceptors (Lipinski definition) is 2. The summed E-state index contributed by atoms with van der Waals surface area (Å²) in [5, 5.41) is 10.2. The van der Waals surface area contributed by atoms with Crippen LogP contribution in [0.4, 0.5) is 0 Å². The van der Waals surface area contributed by atoms with Crippen LogP contribution in [-0.4, -0.2) is 14.7 Å². The molecule has 3 nitrogen and oxygen atoms in total. The topological polar surface area (TPSA) is 38.0 Å². The van der Waals surface area contributed by atoms with Gasteiger partial charge < -0.3 is 5.11 Å². The monoisotopic (exact) mass is 280 g/mol. The molecule has 0 bridgehead atoms. The van der Waals surface area contributed by atoms with Crippen molar-refractivity contribution in [2.45, 2.75) is 33.3 Å². The molecule has 21 heavy (non-hydrogen) atoms. The number of para-hydroxylation sites is 1. The van der Waals surface area contributed by atoms with Gasteiger partial charge in [0.15, 0.2) is 0 Å². The molecule has 0 aliphatic rings. The highest BCUT2D eigenvalue weighted by Crippen LogP contribution is 2.27. The fourth-order valence-corrected chi connectivity index (χ4v) is 2.66. The molecular weight excluding hydrogens is 260 g/mol. The van der Waals surface area contributed by atoms with E-state index in [0.29, 0.717) is 6.42 Å². The number of benzene rings is 2. The van der Waals surface area contributed by atoms with Gasteiger partial charge in [-0.05, 0) is 49.6 Å². The maximum atomic E-state index is 10.2. The molecule has 0 aliphatic heterocycles. The minimum Gasteiger partial charge on any atom is -0.388 e. The highest BCUT2D eigenvalue weighted by molar-refractivity contribution is 5.79. The van der Waals surface area contributed by atoms with E-state index in [1.165, 1.54) is 11.1 Å². The van der Waals surface area contributed by atoms with Crippen LogP contribution in [0.5, 0.6) is 0 Å². The molecule has 3 rings (SSSR count). The lowest BCUT2D eigenvalue weighted by Crippen LogP contribution is -2.03. The summed E-state index contributed by atoms with van der Waals surface area (Å²) in [4.78, 5) is 4.50. The van der Waals surface area contributed by atoms with Crippen molar-refractivity contribution in [3.63, 3.8) is 0 Å². The van der Waals surface area contributed by atoms with E-state index < -0.39 is 6.10 Å². The lowest BCUT2D eigenvalue weighted by molar-refractivity contribution is 0.173. The molecule has 108 valence electrons. The standard InChI is InChI=1S/C18H20N2O/c1-4-18(21)14-7-5-6-8-16(14)20-11-19-15-9-12(2)13(3)10-17(15)20/h5-11,18,21H,4H2,1-3H3. The summed E-state index contributed by atoms with van der Waals surface area (Å²) >= 11 is 0. The number of aliphatic hydroxyl groups is 1. The fraction of sp³-hybridized carbons (Fsp3) is 0.278. The van der Waals surface area contributed by atoms with Gasteiger partial charge in [0.1, 0.15) is 6.33 Å². The van der Waals surface area contributed by atoms with Crippen LogP contribution < -0.4 is 0 Å². The Bertz CT molecular complexity index is 789. The number of rotatable bonds is 3. The predicted octanol–water partition coefficient (Wildman–Crippen LogP) is 4.09. The van der Waals surface area contributed by atoms with Crippen molar-refractivity contribution in [2.24, 2.45) is 0 Å². The fourth-order valence-electron chi connectivity index (χ4n) is 2.66. The van der Waals surface area contributed by atoms with Crippen LogP contribution in [0.3, 0.4) is 0 Å². The third-order valence-corrected chi connectivity index (χ3v) is 4.10. The molecule has 0 fully saturated rings. The molecule has 0 saturated carbocycles. The van der Waals surface area contributed by atoms with Gasteiger partial charge in [-0.3, -0.25) is 4.57 Å². The van der Waals surface area contributed by atoms with E-state index >= 15 is 0 Å². The first-order valence-corrected chi connectivity index (χ1v) is 7.33. The minimum absolute atomic E-state index is 0.454. The van der Waals surface area contributed by atoms with Gasteiger partial charge >= 0.3 is 0 Å². The van der Waals surface area contributed by atoms with Crippen LogP contribution in [0.2, 0.25) is 0 Å². The van der Waals surface area contributed by atoms with Crippen molar-refractivity contribution >= 4 is 11.0 Å². The Labute approximate surface area is 124 Å². The second-order valence-electron chi connectivity index (χ2n) is 5.52. The first-order valence-electron chi connectivity index (χ1n) is 7.33. The molecule has 0 aliphatic carbocycles. The molecule has 0 amide bonds. The first-order chi connectivity index (χ1) is 10.1. The number of aliphatic hydroxyl groups excluding tert-OH is 1. The van der Waals surface area contributed by atoms with Crippen molar-refractivity contribution in [2.75, 3.05) is 0 Å². The molecule has 1 heterocycles. The molecule has 0 saturated heterocycles. The summed E-state index contributed by atoms with van der Waals surface area (Å²) in [5.74, 6) is 0. The maximum absolute atomic E-state index is 10.2. The van der Waals surface area contributed by atoms with Gasteiger partial charge in [-0.25, -0.2) is 4.98 Å². The van der Waals surface area contributed by atoms with Gasteiger partial charge in [0.25, 0.3) is 0 Å². The van der Waals surface area contributed by atoms with Crippen LogP contribution in [0, 0.1) is 13.8 Å². The third-order valence-electron chi connectivity index (χ3n) is 4.10. The van der Waals surface area contributed by atoms with Crippen molar-refractivity contribution in [3.8, 4) is 5.69 Å². The number of aryl methyl sites for hydroxylation is 2. The Morgan fingerprint density at radius 1 is 1.14 bits per heavy atom. The second-order valence-corrected chi connectivity index (χ2v) is 5.52. The van der Waals surface area contributed by atoms with Gasteiger partial charge in [0.2, 0.25) is 0 Å². The zero-order valence-corrected chi connectivity index (χ0v) is 12.7. The Morgan fingerprint density at radius 3 is 2.62 bits per heavy atom. The van der Waals surface area contributed by atoms with Crippen LogP contribution >= 0.6 is 0 Å². The summed E-state index contributed by atoms with van der Waals surface area (Å²) in [6.45, 7) is 6.20. The van der Waals surface area contributed by atoms with E-state index in [0.717, 1.165) is 22.3 Å². The Balaban J connectivity index is 2.24. The van der Waals surface area contributed by atoms with Crippen LogP contribution in [0.25, 0.3) is 16.7 Å². The quantitative estimate of drug-likeness (QED) is 0.785.